The van der Waals surface area contributed by atoms with Crippen LogP contribution >= 0.6 is 0 Å². The van der Waals surface area contributed by atoms with Gasteiger partial charge in [-0.15, -0.1) is 0 Å². The molecule has 0 aliphatic rings. The van der Waals surface area contributed by atoms with Crippen LogP contribution < -0.4 is 10.6 Å². The van der Waals surface area contributed by atoms with Gasteiger partial charge in [0.05, 0.1) is 6.54 Å². The predicted octanol–water partition coefficient (Wildman–Crippen LogP) is 1.73. The zero-order chi connectivity index (χ0) is 14.4. The molecule has 1 unspecified atom stereocenters. The first kappa shape index (κ1) is 14.3. The molecule has 2 rings (SSSR count). The van der Waals surface area contributed by atoms with E-state index >= 15 is 0 Å². The number of hydrogen-bond donors (Lipinski definition) is 2. The lowest BCUT2D eigenvalue weighted by Gasteiger charge is -2.14. The minimum Gasteiger partial charge on any atom is -0.325 e. The van der Waals surface area contributed by atoms with Crippen LogP contribution in [0.1, 0.15) is 12.5 Å². The standard InChI is InChI=1S/C15H20N4O/c1-12(10-16-2)15(20)18-14-7-4-3-6-13(14)11-19-9-5-8-17-19/h3-9,12,16H,10-11H2,1-2H3,(H,18,20). The third-order valence-corrected chi connectivity index (χ3v) is 3.12. The second-order valence-corrected chi connectivity index (χ2v) is 4.81. The van der Waals surface area contributed by atoms with Crippen LogP contribution in [0.4, 0.5) is 5.69 Å². The number of hydrogen-bond acceptors (Lipinski definition) is 3. The SMILES string of the molecule is CNCC(C)C(=O)Nc1ccccc1Cn1cccn1. The average molecular weight is 272 g/mol. The van der Waals surface area contributed by atoms with Crippen LogP contribution in [0.2, 0.25) is 0 Å². The van der Waals surface area contributed by atoms with Crippen molar-refractivity contribution in [3.05, 3.63) is 48.3 Å². The predicted molar refractivity (Wildman–Crippen MR) is 79.5 cm³/mol. The largest absolute Gasteiger partial charge is 0.325 e. The Morgan fingerprint density at radius 2 is 2.15 bits per heavy atom. The summed E-state index contributed by atoms with van der Waals surface area (Å²) >= 11 is 0. The van der Waals surface area contributed by atoms with Crippen LogP contribution in [-0.4, -0.2) is 29.3 Å². The van der Waals surface area contributed by atoms with E-state index in [0.717, 1.165) is 11.3 Å². The van der Waals surface area contributed by atoms with E-state index in [2.05, 4.69) is 15.7 Å². The minimum atomic E-state index is -0.0715. The highest BCUT2D eigenvalue weighted by atomic mass is 16.1. The van der Waals surface area contributed by atoms with E-state index in [-0.39, 0.29) is 11.8 Å². The number of rotatable bonds is 6. The molecule has 1 atom stereocenters. The summed E-state index contributed by atoms with van der Waals surface area (Å²) in [4.78, 5) is 12.1. The van der Waals surface area contributed by atoms with E-state index < -0.39 is 0 Å². The van der Waals surface area contributed by atoms with Gasteiger partial charge in [0, 0.05) is 30.5 Å². The van der Waals surface area contributed by atoms with Crippen LogP contribution in [0.3, 0.4) is 0 Å². The third-order valence-electron chi connectivity index (χ3n) is 3.12. The molecule has 0 saturated carbocycles. The number of carbonyl (C=O) groups is 1. The van der Waals surface area contributed by atoms with Gasteiger partial charge in [0.1, 0.15) is 0 Å². The third kappa shape index (κ3) is 3.68. The van der Waals surface area contributed by atoms with Gasteiger partial charge in [-0.05, 0) is 24.7 Å². The topological polar surface area (TPSA) is 59.0 Å². The van der Waals surface area contributed by atoms with Gasteiger partial charge in [0.15, 0.2) is 0 Å². The van der Waals surface area contributed by atoms with Gasteiger partial charge in [-0.3, -0.25) is 9.48 Å². The molecule has 1 heterocycles. The van der Waals surface area contributed by atoms with E-state index in [4.69, 9.17) is 0 Å². The lowest BCUT2D eigenvalue weighted by Crippen LogP contribution is -2.29. The van der Waals surface area contributed by atoms with E-state index in [0.29, 0.717) is 13.1 Å². The van der Waals surface area contributed by atoms with Crippen molar-refractivity contribution in [3.8, 4) is 0 Å². The lowest BCUT2D eigenvalue weighted by molar-refractivity contribution is -0.119. The Kier molecular flexibility index (Phi) is 4.90. The number of nitrogens with one attached hydrogen (secondary N) is 2. The maximum absolute atomic E-state index is 12.1. The van der Waals surface area contributed by atoms with Crippen molar-refractivity contribution < 1.29 is 4.79 Å². The van der Waals surface area contributed by atoms with Crippen LogP contribution in [0.5, 0.6) is 0 Å². The van der Waals surface area contributed by atoms with Crippen molar-refractivity contribution in [2.24, 2.45) is 5.92 Å². The fraction of sp³-hybridized carbons (Fsp3) is 0.333. The van der Waals surface area contributed by atoms with Crippen LogP contribution in [0, 0.1) is 5.92 Å². The first-order valence-corrected chi connectivity index (χ1v) is 6.71. The Balaban J connectivity index is 2.09. The van der Waals surface area contributed by atoms with Crippen molar-refractivity contribution in [2.45, 2.75) is 13.5 Å². The lowest BCUT2D eigenvalue weighted by atomic mass is 10.1. The molecule has 20 heavy (non-hydrogen) atoms. The number of anilines is 1. The van der Waals surface area contributed by atoms with Crippen LogP contribution in [0.25, 0.3) is 0 Å². The van der Waals surface area contributed by atoms with E-state index in [9.17, 15) is 4.79 Å². The minimum absolute atomic E-state index is 0.0206. The zero-order valence-electron chi connectivity index (χ0n) is 11.8. The van der Waals surface area contributed by atoms with Crippen molar-refractivity contribution in [3.63, 3.8) is 0 Å². The molecule has 1 amide bonds. The van der Waals surface area contributed by atoms with E-state index in [1.54, 1.807) is 6.20 Å². The second kappa shape index (κ2) is 6.86. The molecule has 0 fully saturated rings. The molecular weight excluding hydrogens is 252 g/mol. The Hall–Kier alpha value is -2.14. The molecule has 5 nitrogen and oxygen atoms in total. The van der Waals surface area contributed by atoms with Crippen molar-refractivity contribution in [1.29, 1.82) is 0 Å². The maximum atomic E-state index is 12.1. The Morgan fingerprint density at radius 1 is 1.35 bits per heavy atom. The second-order valence-electron chi connectivity index (χ2n) is 4.81. The first-order chi connectivity index (χ1) is 9.70. The van der Waals surface area contributed by atoms with Gasteiger partial charge in [-0.25, -0.2) is 0 Å². The quantitative estimate of drug-likeness (QED) is 0.842. The van der Waals surface area contributed by atoms with Gasteiger partial charge in [-0.1, -0.05) is 25.1 Å². The van der Waals surface area contributed by atoms with Crippen molar-refractivity contribution in [1.82, 2.24) is 15.1 Å². The fourth-order valence-corrected chi connectivity index (χ4v) is 2.00. The van der Waals surface area contributed by atoms with Crippen molar-refractivity contribution >= 4 is 11.6 Å². The summed E-state index contributed by atoms with van der Waals surface area (Å²) in [5.41, 5.74) is 1.89. The number of para-hydroxylation sites is 1. The molecule has 0 aliphatic carbocycles. The van der Waals surface area contributed by atoms with Crippen LogP contribution in [0.15, 0.2) is 42.7 Å². The summed E-state index contributed by atoms with van der Waals surface area (Å²) in [6.45, 7) is 3.21. The first-order valence-electron chi connectivity index (χ1n) is 6.71. The molecule has 2 aromatic rings. The highest BCUT2D eigenvalue weighted by Crippen LogP contribution is 2.17. The van der Waals surface area contributed by atoms with E-state index in [1.165, 1.54) is 0 Å². The van der Waals surface area contributed by atoms with E-state index in [1.807, 2.05) is 55.2 Å². The smallest absolute Gasteiger partial charge is 0.228 e. The highest BCUT2D eigenvalue weighted by molar-refractivity contribution is 5.93. The molecule has 0 saturated heterocycles. The molecular formula is C15H20N4O. The molecule has 2 N–H and O–H groups in total. The number of carbonyl (C=O) groups excluding carboxylic acids is 1. The number of amides is 1. The number of aromatic nitrogens is 2. The highest BCUT2D eigenvalue weighted by Gasteiger charge is 2.13. The van der Waals surface area contributed by atoms with Gasteiger partial charge in [-0.2, -0.15) is 5.10 Å². The molecule has 0 bridgehead atoms. The molecule has 0 radical (unpaired) electrons. The van der Waals surface area contributed by atoms with Gasteiger partial charge in [0.25, 0.3) is 0 Å². The molecule has 0 aliphatic heterocycles. The molecule has 0 spiro atoms. The zero-order valence-corrected chi connectivity index (χ0v) is 11.8. The van der Waals surface area contributed by atoms with Gasteiger partial charge < -0.3 is 10.6 Å². The summed E-state index contributed by atoms with van der Waals surface area (Å²) in [6, 6.07) is 9.69. The number of benzene rings is 1. The van der Waals surface area contributed by atoms with Gasteiger partial charge in [0.2, 0.25) is 5.91 Å². The summed E-state index contributed by atoms with van der Waals surface area (Å²) in [7, 11) is 1.84. The summed E-state index contributed by atoms with van der Waals surface area (Å²) < 4.78 is 1.84. The maximum Gasteiger partial charge on any atom is 0.228 e. The fourth-order valence-electron chi connectivity index (χ4n) is 2.00. The van der Waals surface area contributed by atoms with Crippen molar-refractivity contribution in [2.75, 3.05) is 18.9 Å². The summed E-state index contributed by atoms with van der Waals surface area (Å²) in [6.07, 6.45) is 3.65. The Labute approximate surface area is 119 Å². The Morgan fingerprint density at radius 3 is 2.85 bits per heavy atom. The normalized spacial score (nSPS) is 12.1. The average Bonchev–Trinajstić information content (AvgIpc) is 2.94. The summed E-state index contributed by atoms with van der Waals surface area (Å²) in [5, 5.41) is 10.2. The van der Waals surface area contributed by atoms with Crippen LogP contribution in [-0.2, 0) is 11.3 Å². The Bertz CT molecular complexity index is 551. The molecule has 5 heteroatoms. The molecule has 106 valence electrons. The molecule has 1 aromatic carbocycles. The van der Waals surface area contributed by atoms with Gasteiger partial charge >= 0.3 is 0 Å². The summed E-state index contributed by atoms with van der Waals surface area (Å²) in [5.74, 6) is -0.0509. The molecule has 1 aromatic heterocycles. The number of nitrogens with zero attached hydrogens (tertiary/aromatic N) is 2. The monoisotopic (exact) mass is 272 g/mol.